The van der Waals surface area contributed by atoms with Crippen molar-refractivity contribution in [3.8, 4) is 11.5 Å². The van der Waals surface area contributed by atoms with Gasteiger partial charge in [0.2, 0.25) is 0 Å². The first-order chi connectivity index (χ1) is 12.4. The molecule has 0 aliphatic rings. The molecule has 0 aliphatic carbocycles. The molecular weight excluding hydrogens is 352 g/mol. The van der Waals surface area contributed by atoms with Gasteiger partial charge >= 0.3 is 0 Å². The number of benzene rings is 2. The average molecular weight is 378 g/mol. The van der Waals surface area contributed by atoms with Crippen molar-refractivity contribution in [1.29, 1.82) is 0 Å². The van der Waals surface area contributed by atoms with Crippen LogP contribution in [0.3, 0.4) is 0 Å². The van der Waals surface area contributed by atoms with Gasteiger partial charge < -0.3 is 19.7 Å². The second-order valence-corrected chi connectivity index (χ2v) is 6.57. The molecular formula is C20H26ClN2O3+. The van der Waals surface area contributed by atoms with Crippen molar-refractivity contribution < 1.29 is 19.2 Å². The van der Waals surface area contributed by atoms with Gasteiger partial charge in [0.25, 0.3) is 5.91 Å². The average Bonchev–Trinajstić information content (AvgIpc) is 2.63. The summed E-state index contributed by atoms with van der Waals surface area (Å²) in [6.45, 7) is 5.26. The van der Waals surface area contributed by atoms with Crippen LogP contribution in [0, 0.1) is 0 Å². The van der Waals surface area contributed by atoms with Gasteiger partial charge in [0, 0.05) is 11.3 Å². The molecule has 0 radical (unpaired) electrons. The van der Waals surface area contributed by atoms with Gasteiger partial charge in [-0.05, 0) is 56.3 Å². The van der Waals surface area contributed by atoms with Crippen LogP contribution in [-0.4, -0.2) is 32.7 Å². The van der Waals surface area contributed by atoms with Gasteiger partial charge in [0.1, 0.15) is 18.0 Å². The first-order valence-corrected chi connectivity index (χ1v) is 9.00. The highest BCUT2D eigenvalue weighted by atomic mass is 35.5. The largest absolute Gasteiger partial charge is 0.495 e. The molecule has 140 valence electrons. The molecule has 2 N–H and O–H groups in total. The van der Waals surface area contributed by atoms with Crippen molar-refractivity contribution >= 4 is 23.2 Å². The number of rotatable bonds is 8. The minimum atomic E-state index is -0.220. The van der Waals surface area contributed by atoms with Crippen LogP contribution in [0.25, 0.3) is 0 Å². The van der Waals surface area contributed by atoms with Crippen LogP contribution < -0.4 is 19.7 Å². The van der Waals surface area contributed by atoms with Gasteiger partial charge in [-0.1, -0.05) is 11.6 Å². The predicted octanol–water partition coefficient (Wildman–Crippen LogP) is 2.79. The number of methoxy groups -OCH3 is 1. The summed E-state index contributed by atoms with van der Waals surface area (Å²) < 4.78 is 10.6. The van der Waals surface area contributed by atoms with E-state index in [0.29, 0.717) is 23.1 Å². The maximum absolute atomic E-state index is 12.5. The Morgan fingerprint density at radius 3 is 2.50 bits per heavy atom. The number of hydrogen-bond acceptors (Lipinski definition) is 3. The molecule has 0 saturated carbocycles. The van der Waals surface area contributed by atoms with E-state index in [1.807, 2.05) is 45.2 Å². The monoisotopic (exact) mass is 377 g/mol. The maximum Gasteiger partial charge on any atom is 0.282 e. The lowest BCUT2D eigenvalue weighted by Crippen LogP contribution is -3.12. The molecule has 0 spiro atoms. The molecule has 0 aromatic heterocycles. The molecule has 2 atom stereocenters. The fourth-order valence-corrected chi connectivity index (χ4v) is 2.82. The molecule has 2 rings (SSSR count). The molecule has 6 heteroatoms. The third kappa shape index (κ3) is 5.38. The van der Waals surface area contributed by atoms with Crippen molar-refractivity contribution in [3.63, 3.8) is 0 Å². The smallest absolute Gasteiger partial charge is 0.282 e. The predicted molar refractivity (Wildman–Crippen MR) is 104 cm³/mol. The van der Waals surface area contributed by atoms with E-state index in [9.17, 15) is 4.79 Å². The number of ether oxygens (including phenoxy) is 2. The molecule has 1 unspecified atom stereocenters. The summed E-state index contributed by atoms with van der Waals surface area (Å²) in [6.07, 6.45) is 0. The van der Waals surface area contributed by atoms with Crippen LogP contribution in [0.1, 0.15) is 19.4 Å². The van der Waals surface area contributed by atoms with Gasteiger partial charge in [-0.25, -0.2) is 0 Å². The zero-order chi connectivity index (χ0) is 19.1. The zero-order valence-electron chi connectivity index (χ0n) is 15.6. The van der Waals surface area contributed by atoms with Gasteiger partial charge in [0.15, 0.2) is 6.04 Å². The number of likely N-dealkylation sites (N-methyl/N-ethyl adjacent to an activating group) is 1. The van der Waals surface area contributed by atoms with Crippen LogP contribution in [0.2, 0.25) is 5.02 Å². The molecule has 0 saturated heterocycles. The molecule has 2 aromatic rings. The highest BCUT2D eigenvalue weighted by Gasteiger charge is 2.22. The van der Waals surface area contributed by atoms with Gasteiger partial charge in [-0.2, -0.15) is 0 Å². The third-order valence-electron chi connectivity index (χ3n) is 4.27. The summed E-state index contributed by atoms with van der Waals surface area (Å²) in [5.41, 5.74) is 1.81. The molecule has 0 fully saturated rings. The molecule has 26 heavy (non-hydrogen) atoms. The van der Waals surface area contributed by atoms with Crippen LogP contribution in [0.15, 0.2) is 42.5 Å². The molecule has 1 amide bonds. The first-order valence-electron chi connectivity index (χ1n) is 8.63. The number of quaternary nitrogens is 1. The summed E-state index contributed by atoms with van der Waals surface area (Å²) >= 11 is 6.11. The normalized spacial score (nSPS) is 13.0. The number of nitrogens with one attached hydrogen (secondary N) is 2. The number of amides is 1. The number of hydrogen-bond donors (Lipinski definition) is 2. The molecule has 2 aromatic carbocycles. The Hall–Kier alpha value is -2.24. The fourth-order valence-electron chi connectivity index (χ4n) is 2.56. The Morgan fingerprint density at radius 2 is 1.92 bits per heavy atom. The van der Waals surface area contributed by atoms with E-state index in [-0.39, 0.29) is 11.9 Å². The lowest BCUT2D eigenvalue weighted by atomic mass is 10.1. The van der Waals surface area contributed by atoms with E-state index in [0.717, 1.165) is 22.8 Å². The van der Waals surface area contributed by atoms with Crippen molar-refractivity contribution in [2.75, 3.05) is 26.1 Å². The van der Waals surface area contributed by atoms with Crippen LogP contribution >= 0.6 is 11.6 Å². The summed E-state index contributed by atoms with van der Waals surface area (Å²) in [5, 5.41) is 3.37. The number of carbonyl (C=O) groups excluding carboxylic acids is 1. The van der Waals surface area contributed by atoms with E-state index in [2.05, 4.69) is 5.32 Å². The topological polar surface area (TPSA) is 52.0 Å². The Morgan fingerprint density at radius 1 is 1.23 bits per heavy atom. The van der Waals surface area contributed by atoms with E-state index in [1.165, 1.54) is 0 Å². The second kappa shape index (κ2) is 9.46. The number of halogens is 1. The molecule has 5 nitrogen and oxygen atoms in total. The van der Waals surface area contributed by atoms with Crippen molar-refractivity contribution in [2.24, 2.45) is 0 Å². The Kier molecular flexibility index (Phi) is 7.30. The van der Waals surface area contributed by atoms with Gasteiger partial charge in [-0.3, -0.25) is 4.79 Å². The molecule has 0 aliphatic heterocycles. The Balaban J connectivity index is 1.95. The SMILES string of the molecule is CCOc1ccc(C[NH+](C)[C@@H](C)C(=O)Nc2ccc(OC)c(Cl)c2)cc1. The van der Waals surface area contributed by atoms with Crippen molar-refractivity contribution in [1.82, 2.24) is 0 Å². The standard InChI is InChI=1S/C20H25ClN2O3/c1-5-26-17-9-6-15(7-10-17)13-23(3)14(2)20(24)22-16-8-11-19(25-4)18(21)12-16/h6-12,14H,5,13H2,1-4H3,(H,22,24)/p+1/t14-/m0/s1. The highest BCUT2D eigenvalue weighted by molar-refractivity contribution is 6.32. The lowest BCUT2D eigenvalue weighted by molar-refractivity contribution is -0.907. The molecule has 0 heterocycles. The second-order valence-electron chi connectivity index (χ2n) is 6.16. The first kappa shape index (κ1) is 20.1. The van der Waals surface area contributed by atoms with Crippen LogP contribution in [0.4, 0.5) is 5.69 Å². The number of carbonyl (C=O) groups is 1. The van der Waals surface area contributed by atoms with E-state index in [1.54, 1.807) is 25.3 Å². The maximum atomic E-state index is 12.5. The number of anilines is 1. The third-order valence-corrected chi connectivity index (χ3v) is 4.56. The minimum absolute atomic E-state index is 0.0605. The summed E-state index contributed by atoms with van der Waals surface area (Å²) in [5.74, 6) is 1.38. The zero-order valence-corrected chi connectivity index (χ0v) is 16.4. The van der Waals surface area contributed by atoms with Gasteiger partial charge in [0.05, 0.1) is 25.8 Å². The van der Waals surface area contributed by atoms with Gasteiger partial charge in [-0.15, -0.1) is 0 Å². The van der Waals surface area contributed by atoms with E-state index in [4.69, 9.17) is 21.1 Å². The molecule has 0 bridgehead atoms. The summed E-state index contributed by atoms with van der Waals surface area (Å²) in [6, 6.07) is 12.9. The fraction of sp³-hybridized carbons (Fsp3) is 0.350. The van der Waals surface area contributed by atoms with Crippen molar-refractivity contribution in [2.45, 2.75) is 26.4 Å². The summed E-state index contributed by atoms with van der Waals surface area (Å²) in [4.78, 5) is 13.6. The quantitative estimate of drug-likeness (QED) is 0.743. The van der Waals surface area contributed by atoms with Crippen molar-refractivity contribution in [3.05, 3.63) is 53.1 Å². The Bertz CT molecular complexity index is 734. The van der Waals surface area contributed by atoms with E-state index >= 15 is 0 Å². The lowest BCUT2D eigenvalue weighted by Gasteiger charge is -2.21. The minimum Gasteiger partial charge on any atom is -0.495 e. The van der Waals surface area contributed by atoms with Crippen LogP contribution in [0.5, 0.6) is 11.5 Å². The van der Waals surface area contributed by atoms with E-state index < -0.39 is 0 Å². The van der Waals surface area contributed by atoms with Crippen LogP contribution in [-0.2, 0) is 11.3 Å². The highest BCUT2D eigenvalue weighted by Crippen LogP contribution is 2.27. The summed E-state index contributed by atoms with van der Waals surface area (Å²) in [7, 11) is 3.56. The Labute approximate surface area is 159 Å².